The summed E-state index contributed by atoms with van der Waals surface area (Å²) in [7, 11) is 0. The second-order valence-corrected chi connectivity index (χ2v) is 3.96. The van der Waals surface area contributed by atoms with Crippen LogP contribution >= 0.6 is 11.6 Å². The van der Waals surface area contributed by atoms with E-state index >= 15 is 0 Å². The minimum Gasteiger partial charge on any atom is -0.412 e. The monoisotopic (exact) mass is 200 g/mol. The van der Waals surface area contributed by atoms with Crippen molar-refractivity contribution < 1.29 is 4.42 Å². The maximum Gasteiger partial charge on any atom is 0.312 e. The standard InChI is InChI=1S/C9H13ClN2O/c10-9-12-11-8(13-9)6-5-7-3-1-2-4-7/h7H,1-6H2. The summed E-state index contributed by atoms with van der Waals surface area (Å²) in [6, 6.07) is 0. The topological polar surface area (TPSA) is 38.9 Å². The fourth-order valence-corrected chi connectivity index (χ4v) is 2.09. The van der Waals surface area contributed by atoms with E-state index in [1.165, 1.54) is 32.1 Å². The molecule has 1 aliphatic rings. The first-order valence-corrected chi connectivity index (χ1v) is 5.20. The van der Waals surface area contributed by atoms with Gasteiger partial charge in [-0.1, -0.05) is 30.8 Å². The van der Waals surface area contributed by atoms with E-state index in [-0.39, 0.29) is 5.35 Å². The molecule has 0 N–H and O–H groups in total. The van der Waals surface area contributed by atoms with Gasteiger partial charge in [-0.25, -0.2) is 0 Å². The molecule has 1 aliphatic carbocycles. The third-order valence-electron chi connectivity index (χ3n) is 2.68. The van der Waals surface area contributed by atoms with Gasteiger partial charge in [0, 0.05) is 6.42 Å². The molecule has 1 saturated carbocycles. The summed E-state index contributed by atoms with van der Waals surface area (Å²) in [5.41, 5.74) is 0. The Morgan fingerprint density at radius 1 is 1.31 bits per heavy atom. The van der Waals surface area contributed by atoms with Gasteiger partial charge >= 0.3 is 5.35 Å². The molecule has 0 aromatic carbocycles. The van der Waals surface area contributed by atoms with Gasteiger partial charge in [0.2, 0.25) is 5.89 Å². The molecule has 4 heteroatoms. The smallest absolute Gasteiger partial charge is 0.312 e. The highest BCUT2D eigenvalue weighted by Crippen LogP contribution is 2.28. The maximum atomic E-state index is 5.52. The molecule has 72 valence electrons. The van der Waals surface area contributed by atoms with E-state index in [2.05, 4.69) is 10.2 Å². The van der Waals surface area contributed by atoms with Crippen molar-refractivity contribution in [3.05, 3.63) is 11.2 Å². The van der Waals surface area contributed by atoms with E-state index in [4.69, 9.17) is 16.0 Å². The van der Waals surface area contributed by atoms with Crippen molar-refractivity contribution >= 4 is 11.6 Å². The number of aryl methyl sites for hydroxylation is 1. The molecule has 0 saturated heterocycles. The van der Waals surface area contributed by atoms with Gasteiger partial charge in [-0.3, -0.25) is 0 Å². The summed E-state index contributed by atoms with van der Waals surface area (Å²) in [5.74, 6) is 1.54. The second kappa shape index (κ2) is 4.09. The Kier molecular flexibility index (Phi) is 2.83. The fraction of sp³-hybridized carbons (Fsp3) is 0.778. The van der Waals surface area contributed by atoms with E-state index in [1.54, 1.807) is 0 Å². The van der Waals surface area contributed by atoms with E-state index in [0.717, 1.165) is 12.3 Å². The third-order valence-corrected chi connectivity index (χ3v) is 2.84. The van der Waals surface area contributed by atoms with Gasteiger partial charge < -0.3 is 4.42 Å². The number of hydrogen-bond acceptors (Lipinski definition) is 3. The Bertz CT molecular complexity index is 268. The van der Waals surface area contributed by atoms with Gasteiger partial charge in [0.25, 0.3) is 0 Å². The molecule has 0 unspecified atom stereocenters. The lowest BCUT2D eigenvalue weighted by Gasteiger charge is -2.04. The maximum absolute atomic E-state index is 5.52. The lowest BCUT2D eigenvalue weighted by molar-refractivity contribution is 0.438. The molecule has 3 nitrogen and oxygen atoms in total. The highest BCUT2D eigenvalue weighted by Gasteiger charge is 2.15. The van der Waals surface area contributed by atoms with Crippen LogP contribution in [0.25, 0.3) is 0 Å². The molecule has 0 amide bonds. The van der Waals surface area contributed by atoms with Crippen LogP contribution in [0.5, 0.6) is 0 Å². The van der Waals surface area contributed by atoms with Gasteiger partial charge in [0.05, 0.1) is 0 Å². The van der Waals surface area contributed by atoms with Crippen LogP contribution in [0.2, 0.25) is 5.35 Å². The molecular formula is C9H13ClN2O. The Hall–Kier alpha value is -0.570. The van der Waals surface area contributed by atoms with Crippen molar-refractivity contribution in [2.24, 2.45) is 5.92 Å². The number of halogens is 1. The van der Waals surface area contributed by atoms with Gasteiger partial charge in [0.1, 0.15) is 0 Å². The average Bonchev–Trinajstić information content (AvgIpc) is 2.71. The molecule has 1 fully saturated rings. The van der Waals surface area contributed by atoms with Crippen LogP contribution < -0.4 is 0 Å². The zero-order valence-electron chi connectivity index (χ0n) is 7.50. The molecule has 1 aromatic heterocycles. The van der Waals surface area contributed by atoms with Gasteiger partial charge in [-0.05, 0) is 23.9 Å². The zero-order valence-corrected chi connectivity index (χ0v) is 8.26. The number of rotatable bonds is 3. The van der Waals surface area contributed by atoms with Gasteiger partial charge in [-0.2, -0.15) is 0 Å². The van der Waals surface area contributed by atoms with Crippen molar-refractivity contribution in [3.8, 4) is 0 Å². The van der Waals surface area contributed by atoms with E-state index < -0.39 is 0 Å². The quantitative estimate of drug-likeness (QED) is 0.753. The molecule has 13 heavy (non-hydrogen) atoms. The Morgan fingerprint density at radius 3 is 2.69 bits per heavy atom. The fourth-order valence-electron chi connectivity index (χ4n) is 1.96. The number of aromatic nitrogens is 2. The van der Waals surface area contributed by atoms with Gasteiger partial charge in [0.15, 0.2) is 0 Å². The second-order valence-electron chi connectivity index (χ2n) is 3.64. The van der Waals surface area contributed by atoms with Crippen LogP contribution in [0.3, 0.4) is 0 Å². The Labute approximate surface area is 82.5 Å². The molecular weight excluding hydrogens is 188 g/mol. The van der Waals surface area contributed by atoms with E-state index in [0.29, 0.717) is 5.89 Å². The van der Waals surface area contributed by atoms with Crippen molar-refractivity contribution in [2.75, 3.05) is 0 Å². The minimum atomic E-state index is 0.154. The van der Waals surface area contributed by atoms with Crippen LogP contribution in [0.1, 0.15) is 38.0 Å². The molecule has 0 bridgehead atoms. The van der Waals surface area contributed by atoms with Crippen LogP contribution in [-0.2, 0) is 6.42 Å². The first kappa shape index (κ1) is 9.00. The van der Waals surface area contributed by atoms with Crippen molar-refractivity contribution in [2.45, 2.75) is 38.5 Å². The first-order chi connectivity index (χ1) is 6.34. The van der Waals surface area contributed by atoms with Crippen molar-refractivity contribution in [3.63, 3.8) is 0 Å². The Balaban J connectivity index is 1.78. The molecule has 1 aromatic rings. The van der Waals surface area contributed by atoms with E-state index in [1.807, 2.05) is 0 Å². The minimum absolute atomic E-state index is 0.154. The van der Waals surface area contributed by atoms with Crippen molar-refractivity contribution in [1.29, 1.82) is 0 Å². The van der Waals surface area contributed by atoms with Crippen LogP contribution in [0.15, 0.2) is 4.42 Å². The summed E-state index contributed by atoms with van der Waals surface area (Å²) in [6.45, 7) is 0. The number of hydrogen-bond donors (Lipinski definition) is 0. The summed E-state index contributed by atoms with van der Waals surface area (Å²) in [4.78, 5) is 0. The lowest BCUT2D eigenvalue weighted by atomic mass is 10.0. The van der Waals surface area contributed by atoms with Crippen molar-refractivity contribution in [1.82, 2.24) is 10.2 Å². The highest BCUT2D eigenvalue weighted by molar-refractivity contribution is 6.27. The molecule has 0 atom stereocenters. The molecule has 1 heterocycles. The predicted molar refractivity (Wildman–Crippen MR) is 49.6 cm³/mol. The lowest BCUT2D eigenvalue weighted by Crippen LogP contribution is -1.96. The molecule has 0 spiro atoms. The molecule has 2 rings (SSSR count). The van der Waals surface area contributed by atoms with E-state index in [9.17, 15) is 0 Å². The largest absolute Gasteiger partial charge is 0.412 e. The molecule has 0 radical (unpaired) electrons. The third kappa shape index (κ3) is 2.44. The van der Waals surface area contributed by atoms with Gasteiger partial charge in [-0.15, -0.1) is 5.10 Å². The number of nitrogens with zero attached hydrogens (tertiary/aromatic N) is 2. The molecule has 0 aliphatic heterocycles. The summed E-state index contributed by atoms with van der Waals surface area (Å²) < 4.78 is 5.09. The van der Waals surface area contributed by atoms with Crippen LogP contribution in [-0.4, -0.2) is 10.2 Å². The summed E-state index contributed by atoms with van der Waals surface area (Å²) >= 11 is 5.52. The normalized spacial score (nSPS) is 18.2. The predicted octanol–water partition coefficient (Wildman–Crippen LogP) is 2.85. The Morgan fingerprint density at radius 2 is 2.08 bits per heavy atom. The summed E-state index contributed by atoms with van der Waals surface area (Å²) in [6.07, 6.45) is 7.54. The first-order valence-electron chi connectivity index (χ1n) is 4.82. The SMILES string of the molecule is Clc1nnc(CCC2CCCC2)o1. The summed E-state index contributed by atoms with van der Waals surface area (Å²) in [5, 5.41) is 7.59. The van der Waals surface area contributed by atoms with Crippen LogP contribution in [0, 0.1) is 5.92 Å². The zero-order chi connectivity index (χ0) is 9.10. The highest BCUT2D eigenvalue weighted by atomic mass is 35.5. The average molecular weight is 201 g/mol. The van der Waals surface area contributed by atoms with Crippen LogP contribution in [0.4, 0.5) is 0 Å².